The summed E-state index contributed by atoms with van der Waals surface area (Å²) in [6.07, 6.45) is -2.80. The van der Waals surface area contributed by atoms with E-state index in [1.165, 1.54) is 21.2 Å². The van der Waals surface area contributed by atoms with Gasteiger partial charge in [0.25, 0.3) is 0 Å². The van der Waals surface area contributed by atoms with Gasteiger partial charge in [0.15, 0.2) is 5.65 Å². The van der Waals surface area contributed by atoms with Gasteiger partial charge >= 0.3 is 17.8 Å². The van der Waals surface area contributed by atoms with Crippen molar-refractivity contribution >= 4 is 11.6 Å². The Morgan fingerprint density at radius 2 is 1.90 bits per heavy atom. The van der Waals surface area contributed by atoms with Crippen LogP contribution in [0, 0.1) is 0 Å². The second-order valence-corrected chi connectivity index (χ2v) is 6.64. The predicted octanol–water partition coefficient (Wildman–Crippen LogP) is 2.58. The van der Waals surface area contributed by atoms with E-state index >= 15 is 0 Å². The van der Waals surface area contributed by atoms with E-state index in [0.717, 1.165) is 12.1 Å². The van der Waals surface area contributed by atoms with Crippen LogP contribution in [-0.4, -0.2) is 44.7 Å². The fourth-order valence-electron chi connectivity index (χ4n) is 3.01. The molecule has 0 amide bonds. The maximum atomic E-state index is 12.8. The molecule has 2 heterocycles. The average molecular weight is 422 g/mol. The normalized spacial score (nSPS) is 11.9. The molecule has 0 saturated heterocycles. The highest BCUT2D eigenvalue weighted by molar-refractivity contribution is 5.71. The summed E-state index contributed by atoms with van der Waals surface area (Å²) in [6.45, 7) is 2.56. The first-order valence-electron chi connectivity index (χ1n) is 9.36. The molecule has 0 N–H and O–H groups in total. The quantitative estimate of drug-likeness (QED) is 0.522. The zero-order valence-electron chi connectivity index (χ0n) is 16.3. The smallest absolute Gasteiger partial charge is 0.416 e. The Balaban J connectivity index is 1.73. The van der Waals surface area contributed by atoms with Crippen LogP contribution in [0.15, 0.2) is 53.5 Å². The Labute approximate surface area is 170 Å². The van der Waals surface area contributed by atoms with E-state index in [4.69, 9.17) is 4.74 Å². The largest absolute Gasteiger partial charge is 0.465 e. The van der Waals surface area contributed by atoms with Gasteiger partial charge in [0, 0.05) is 19.3 Å². The summed E-state index contributed by atoms with van der Waals surface area (Å²) in [7, 11) is 0. The van der Waals surface area contributed by atoms with Gasteiger partial charge in [-0.05, 0) is 36.8 Å². The van der Waals surface area contributed by atoms with Crippen LogP contribution in [0.2, 0.25) is 0 Å². The van der Waals surface area contributed by atoms with E-state index < -0.39 is 17.7 Å². The predicted molar refractivity (Wildman–Crippen MR) is 103 cm³/mol. The first-order valence-corrected chi connectivity index (χ1v) is 9.36. The molecule has 2 aromatic heterocycles. The van der Waals surface area contributed by atoms with Crippen LogP contribution in [0.25, 0.3) is 5.65 Å². The molecular weight excluding hydrogens is 401 g/mol. The highest BCUT2D eigenvalue weighted by Crippen LogP contribution is 2.29. The Kier molecular flexibility index (Phi) is 6.56. The lowest BCUT2D eigenvalue weighted by atomic mass is 10.1. The molecule has 3 rings (SSSR count). The van der Waals surface area contributed by atoms with Gasteiger partial charge in [-0.25, -0.2) is 9.48 Å². The Morgan fingerprint density at radius 3 is 2.53 bits per heavy atom. The second-order valence-electron chi connectivity index (χ2n) is 6.64. The molecule has 0 atom stereocenters. The highest BCUT2D eigenvalue weighted by Gasteiger charge is 2.30. The number of esters is 1. The summed E-state index contributed by atoms with van der Waals surface area (Å²) in [5.41, 5.74) is 0.0625. The number of hydrogen-bond donors (Lipinski definition) is 0. The molecule has 10 heteroatoms. The molecule has 0 fully saturated rings. The third kappa shape index (κ3) is 5.26. The third-order valence-corrected chi connectivity index (χ3v) is 4.46. The number of ether oxygens (including phenoxy) is 1. The number of hydrogen-bond acceptors (Lipinski definition) is 5. The van der Waals surface area contributed by atoms with Crippen LogP contribution in [0.1, 0.15) is 18.1 Å². The molecule has 7 nitrogen and oxygen atoms in total. The number of pyridine rings is 1. The molecule has 0 saturated carbocycles. The molecule has 0 unspecified atom stereocenters. The average Bonchev–Trinajstić information content (AvgIpc) is 3.02. The lowest BCUT2D eigenvalue weighted by Gasteiger charge is -2.21. The van der Waals surface area contributed by atoms with Crippen LogP contribution >= 0.6 is 0 Å². The summed E-state index contributed by atoms with van der Waals surface area (Å²) < 4.78 is 46.0. The third-order valence-electron chi connectivity index (χ3n) is 4.46. The molecule has 1 aromatic carbocycles. The minimum absolute atomic E-state index is 0.0585. The highest BCUT2D eigenvalue weighted by atomic mass is 19.4. The molecule has 0 aliphatic heterocycles. The maximum Gasteiger partial charge on any atom is 0.416 e. The van der Waals surface area contributed by atoms with Crippen molar-refractivity contribution in [2.75, 3.05) is 19.7 Å². The van der Waals surface area contributed by atoms with Gasteiger partial charge in [0.05, 0.1) is 25.3 Å². The number of halogens is 3. The van der Waals surface area contributed by atoms with Crippen LogP contribution < -0.4 is 5.69 Å². The minimum Gasteiger partial charge on any atom is -0.465 e. The minimum atomic E-state index is -4.41. The molecule has 0 bridgehead atoms. The monoisotopic (exact) mass is 422 g/mol. The van der Waals surface area contributed by atoms with Crippen molar-refractivity contribution in [1.82, 2.24) is 19.1 Å². The van der Waals surface area contributed by atoms with Crippen molar-refractivity contribution in [3.8, 4) is 0 Å². The van der Waals surface area contributed by atoms with Crippen molar-refractivity contribution in [3.05, 3.63) is 70.3 Å². The van der Waals surface area contributed by atoms with E-state index in [0.29, 0.717) is 11.2 Å². The molecule has 30 heavy (non-hydrogen) atoms. The van der Waals surface area contributed by atoms with Gasteiger partial charge in [0.2, 0.25) is 0 Å². The molecule has 0 aliphatic carbocycles. The van der Waals surface area contributed by atoms with Crippen LogP contribution in [0.4, 0.5) is 13.2 Å². The van der Waals surface area contributed by atoms with Gasteiger partial charge in [-0.3, -0.25) is 14.1 Å². The number of aromatic nitrogens is 3. The second kappa shape index (κ2) is 9.12. The summed E-state index contributed by atoms with van der Waals surface area (Å²) in [5, 5.41) is 4.24. The Morgan fingerprint density at radius 1 is 1.17 bits per heavy atom. The number of carbonyl (C=O) groups excluding carboxylic acids is 1. The summed E-state index contributed by atoms with van der Waals surface area (Å²) in [6, 6.07) is 9.95. The van der Waals surface area contributed by atoms with Crippen molar-refractivity contribution in [2.24, 2.45) is 0 Å². The molecule has 0 spiro atoms. The summed E-state index contributed by atoms with van der Waals surface area (Å²) in [5.74, 6) is -0.452. The van der Waals surface area contributed by atoms with Crippen LogP contribution in [-0.2, 0) is 28.8 Å². The Bertz CT molecular complexity index is 1060. The fraction of sp³-hybridized carbons (Fsp3) is 0.350. The molecular formula is C20H21F3N4O3. The molecule has 160 valence electrons. The van der Waals surface area contributed by atoms with Crippen molar-refractivity contribution < 1.29 is 22.7 Å². The van der Waals surface area contributed by atoms with E-state index in [9.17, 15) is 22.8 Å². The van der Waals surface area contributed by atoms with Crippen LogP contribution in [0.5, 0.6) is 0 Å². The standard InChI is InChI=1S/C20H21F3N4O3/c1-2-30-18(28)14-25(13-15-6-8-16(9-7-15)20(21,22)23)11-12-27-19(29)26-10-4-3-5-17(26)24-27/h3-10H,2,11-14H2,1H3. The number of carbonyl (C=O) groups is 1. The van der Waals surface area contributed by atoms with Gasteiger partial charge in [-0.15, -0.1) is 5.10 Å². The topological polar surface area (TPSA) is 68.8 Å². The van der Waals surface area contributed by atoms with E-state index in [1.54, 1.807) is 36.2 Å². The number of benzene rings is 1. The zero-order valence-corrected chi connectivity index (χ0v) is 16.3. The first-order chi connectivity index (χ1) is 14.3. The molecule has 0 aliphatic rings. The van der Waals surface area contributed by atoms with Gasteiger partial charge in [-0.2, -0.15) is 13.2 Å². The lowest BCUT2D eigenvalue weighted by molar-refractivity contribution is -0.144. The number of rotatable bonds is 8. The fourth-order valence-corrected chi connectivity index (χ4v) is 3.01. The first kappa shape index (κ1) is 21.6. The summed E-state index contributed by atoms with van der Waals surface area (Å²) >= 11 is 0. The van der Waals surface area contributed by atoms with E-state index in [-0.39, 0.29) is 38.5 Å². The maximum absolute atomic E-state index is 12.8. The number of nitrogens with zero attached hydrogens (tertiary/aromatic N) is 4. The zero-order chi connectivity index (χ0) is 21.7. The molecule has 3 aromatic rings. The summed E-state index contributed by atoms with van der Waals surface area (Å²) in [4.78, 5) is 26.1. The Hall–Kier alpha value is -3.14. The van der Waals surface area contributed by atoms with Gasteiger partial charge in [-0.1, -0.05) is 18.2 Å². The molecule has 0 radical (unpaired) electrons. The van der Waals surface area contributed by atoms with Crippen molar-refractivity contribution in [2.45, 2.75) is 26.2 Å². The van der Waals surface area contributed by atoms with E-state index in [1.807, 2.05) is 0 Å². The van der Waals surface area contributed by atoms with Gasteiger partial charge in [0.1, 0.15) is 0 Å². The van der Waals surface area contributed by atoms with Gasteiger partial charge < -0.3 is 4.74 Å². The number of alkyl halides is 3. The van der Waals surface area contributed by atoms with Crippen molar-refractivity contribution in [3.63, 3.8) is 0 Å². The van der Waals surface area contributed by atoms with E-state index in [2.05, 4.69) is 5.10 Å². The van der Waals surface area contributed by atoms with Crippen LogP contribution in [0.3, 0.4) is 0 Å². The SMILES string of the molecule is CCOC(=O)CN(CCn1nc2ccccn2c1=O)Cc1ccc(C(F)(F)F)cc1. The number of fused-ring (bicyclic) bond motifs is 1. The lowest BCUT2D eigenvalue weighted by Crippen LogP contribution is -2.35. The van der Waals surface area contributed by atoms with Crippen molar-refractivity contribution in [1.29, 1.82) is 0 Å².